The van der Waals surface area contributed by atoms with Gasteiger partial charge in [-0.3, -0.25) is 9.59 Å². The summed E-state index contributed by atoms with van der Waals surface area (Å²) in [6.45, 7) is 2.26. The topological polar surface area (TPSA) is 46.6 Å². The summed E-state index contributed by atoms with van der Waals surface area (Å²) in [4.78, 5) is 24.8. The Labute approximate surface area is 89.6 Å². The Balaban J connectivity index is 2.03. The molecule has 0 amide bonds. The minimum atomic E-state index is -0.242. The molecule has 84 valence electrons. The monoisotopic (exact) mass is 211 g/mol. The number of hydrogen-bond acceptors (Lipinski definition) is 4. The number of carbonyl (C=O) groups excluding carboxylic acids is 2. The molecule has 0 unspecified atom stereocenters. The van der Waals surface area contributed by atoms with Gasteiger partial charge in [-0.2, -0.15) is 0 Å². The summed E-state index contributed by atoms with van der Waals surface area (Å²) in [7, 11) is 2.04. The highest BCUT2D eigenvalue weighted by Gasteiger charge is 2.44. The first-order valence-corrected chi connectivity index (χ1v) is 5.48. The first-order chi connectivity index (χ1) is 7.08. The molecule has 4 heteroatoms. The van der Waals surface area contributed by atoms with Gasteiger partial charge in [0.05, 0.1) is 0 Å². The second-order valence-corrected chi connectivity index (χ2v) is 4.57. The van der Waals surface area contributed by atoms with E-state index in [0.29, 0.717) is 18.6 Å². The highest BCUT2D eigenvalue weighted by Crippen LogP contribution is 2.35. The van der Waals surface area contributed by atoms with Crippen molar-refractivity contribution in [3.05, 3.63) is 0 Å². The molecule has 1 aliphatic heterocycles. The van der Waals surface area contributed by atoms with Crippen molar-refractivity contribution in [3.63, 3.8) is 0 Å². The average Bonchev–Trinajstić information content (AvgIpc) is 2.55. The van der Waals surface area contributed by atoms with Gasteiger partial charge >= 0.3 is 5.97 Å². The van der Waals surface area contributed by atoms with Crippen LogP contribution in [-0.4, -0.2) is 42.4 Å². The van der Waals surface area contributed by atoms with E-state index in [9.17, 15) is 9.59 Å². The van der Waals surface area contributed by atoms with E-state index in [1.54, 1.807) is 0 Å². The molecule has 15 heavy (non-hydrogen) atoms. The quantitative estimate of drug-likeness (QED) is 0.596. The molecule has 1 aliphatic carbocycles. The largest absolute Gasteiger partial charge is 0.462 e. The van der Waals surface area contributed by atoms with Crippen molar-refractivity contribution < 1.29 is 14.3 Å². The van der Waals surface area contributed by atoms with Gasteiger partial charge in [-0.25, -0.2) is 0 Å². The van der Waals surface area contributed by atoms with Crippen molar-refractivity contribution in [1.29, 1.82) is 0 Å². The van der Waals surface area contributed by atoms with Gasteiger partial charge in [0.15, 0.2) is 0 Å². The average molecular weight is 211 g/mol. The summed E-state index contributed by atoms with van der Waals surface area (Å²) < 4.78 is 5.18. The molecule has 0 aromatic carbocycles. The molecule has 2 fully saturated rings. The smallest absolute Gasteiger partial charge is 0.302 e. The number of hydrogen-bond donors (Lipinski definition) is 0. The predicted octanol–water partition coefficient (Wildman–Crippen LogP) is 0.601. The number of fused-ring (bicyclic) bond motifs is 1. The van der Waals surface area contributed by atoms with Crippen LogP contribution in [0.1, 0.15) is 26.2 Å². The van der Waals surface area contributed by atoms with Crippen LogP contribution in [-0.2, 0) is 14.3 Å². The minimum Gasteiger partial charge on any atom is -0.462 e. The van der Waals surface area contributed by atoms with E-state index in [1.165, 1.54) is 6.92 Å². The van der Waals surface area contributed by atoms with Gasteiger partial charge < -0.3 is 9.64 Å². The SMILES string of the molecule is CC(=O)O[C@@H]1C[C@H]2C(=O)CCN(C)[C@H]2C1. The maximum Gasteiger partial charge on any atom is 0.302 e. The van der Waals surface area contributed by atoms with Crippen LogP contribution in [0.25, 0.3) is 0 Å². The summed E-state index contributed by atoms with van der Waals surface area (Å²) in [5, 5.41) is 0. The molecule has 0 N–H and O–H groups in total. The Hall–Kier alpha value is -0.900. The van der Waals surface area contributed by atoms with Gasteiger partial charge in [0.2, 0.25) is 0 Å². The van der Waals surface area contributed by atoms with Crippen LogP contribution in [0.3, 0.4) is 0 Å². The Morgan fingerprint density at radius 2 is 2.20 bits per heavy atom. The molecule has 1 saturated carbocycles. The minimum absolute atomic E-state index is 0.0537. The molecule has 2 aliphatic rings. The van der Waals surface area contributed by atoms with Gasteiger partial charge in [0.25, 0.3) is 0 Å². The number of ketones is 1. The lowest BCUT2D eigenvalue weighted by Gasteiger charge is -2.33. The zero-order chi connectivity index (χ0) is 11.0. The zero-order valence-corrected chi connectivity index (χ0v) is 9.23. The Morgan fingerprint density at radius 1 is 1.47 bits per heavy atom. The Bertz CT molecular complexity index is 290. The molecule has 4 nitrogen and oxygen atoms in total. The van der Waals surface area contributed by atoms with Crippen LogP contribution in [0.4, 0.5) is 0 Å². The summed E-state index contributed by atoms with van der Waals surface area (Å²) in [6.07, 6.45) is 2.12. The van der Waals surface area contributed by atoms with Crippen molar-refractivity contribution in [1.82, 2.24) is 4.90 Å². The number of esters is 1. The van der Waals surface area contributed by atoms with Crippen LogP contribution in [0.2, 0.25) is 0 Å². The second-order valence-electron chi connectivity index (χ2n) is 4.57. The number of carbonyl (C=O) groups is 2. The number of rotatable bonds is 1. The molecule has 0 aromatic heterocycles. The van der Waals surface area contributed by atoms with Gasteiger partial charge in [0.1, 0.15) is 11.9 Å². The third-order valence-electron chi connectivity index (χ3n) is 3.51. The number of ether oxygens (including phenoxy) is 1. The number of nitrogens with zero attached hydrogens (tertiary/aromatic N) is 1. The third-order valence-corrected chi connectivity index (χ3v) is 3.51. The maximum absolute atomic E-state index is 11.7. The third kappa shape index (κ3) is 2.04. The molecule has 0 aromatic rings. The zero-order valence-electron chi connectivity index (χ0n) is 9.23. The summed E-state index contributed by atoms with van der Waals surface area (Å²) in [5.41, 5.74) is 0. The normalized spacial score (nSPS) is 36.4. The fourth-order valence-electron chi connectivity index (χ4n) is 2.77. The van der Waals surface area contributed by atoms with Crippen molar-refractivity contribution in [2.45, 2.75) is 38.3 Å². The molecule has 3 atom stereocenters. The highest BCUT2D eigenvalue weighted by molar-refractivity contribution is 5.83. The van der Waals surface area contributed by atoms with Crippen molar-refractivity contribution in [2.75, 3.05) is 13.6 Å². The summed E-state index contributed by atoms with van der Waals surface area (Å²) in [6, 6.07) is 0.288. The van der Waals surface area contributed by atoms with Crippen molar-refractivity contribution in [3.8, 4) is 0 Å². The lowest BCUT2D eigenvalue weighted by molar-refractivity contribution is -0.146. The lowest BCUT2D eigenvalue weighted by atomic mass is 9.91. The van der Waals surface area contributed by atoms with Gasteiger partial charge in [0, 0.05) is 38.3 Å². The predicted molar refractivity (Wildman–Crippen MR) is 54.3 cm³/mol. The Kier molecular flexibility index (Phi) is 2.78. The van der Waals surface area contributed by atoms with E-state index in [0.717, 1.165) is 13.0 Å². The Morgan fingerprint density at radius 3 is 2.80 bits per heavy atom. The standard InChI is InChI=1S/C11H17NO3/c1-7(13)15-8-5-9-10(6-8)12(2)4-3-11(9)14/h8-10H,3-6H2,1-2H3/t8-,9-,10+/m1/s1. The van der Waals surface area contributed by atoms with E-state index in [2.05, 4.69) is 4.90 Å². The van der Waals surface area contributed by atoms with E-state index in [-0.39, 0.29) is 24.0 Å². The summed E-state index contributed by atoms with van der Waals surface area (Å²) >= 11 is 0. The molecule has 0 radical (unpaired) electrons. The lowest BCUT2D eigenvalue weighted by Crippen LogP contribution is -2.44. The fraction of sp³-hybridized carbons (Fsp3) is 0.818. The molecule has 0 spiro atoms. The van der Waals surface area contributed by atoms with Gasteiger partial charge in [-0.1, -0.05) is 0 Å². The fourth-order valence-corrected chi connectivity index (χ4v) is 2.77. The van der Waals surface area contributed by atoms with Crippen molar-refractivity contribution >= 4 is 11.8 Å². The van der Waals surface area contributed by atoms with Crippen LogP contribution in [0.5, 0.6) is 0 Å². The van der Waals surface area contributed by atoms with Crippen LogP contribution in [0.15, 0.2) is 0 Å². The van der Waals surface area contributed by atoms with Crippen LogP contribution >= 0.6 is 0 Å². The van der Waals surface area contributed by atoms with Crippen LogP contribution in [0, 0.1) is 5.92 Å². The van der Waals surface area contributed by atoms with E-state index in [4.69, 9.17) is 4.74 Å². The first-order valence-electron chi connectivity index (χ1n) is 5.48. The first kappa shape index (κ1) is 10.6. The van der Waals surface area contributed by atoms with Gasteiger partial charge in [-0.15, -0.1) is 0 Å². The highest BCUT2D eigenvalue weighted by atomic mass is 16.5. The molecular formula is C11H17NO3. The molecule has 0 bridgehead atoms. The van der Waals surface area contributed by atoms with E-state index < -0.39 is 0 Å². The summed E-state index contributed by atoms with van der Waals surface area (Å²) in [5.74, 6) is 0.189. The second kappa shape index (κ2) is 3.93. The van der Waals surface area contributed by atoms with Crippen molar-refractivity contribution in [2.24, 2.45) is 5.92 Å². The molecule has 1 saturated heterocycles. The molecule has 2 rings (SSSR count). The molecule has 1 heterocycles. The van der Waals surface area contributed by atoms with E-state index >= 15 is 0 Å². The number of likely N-dealkylation sites (tertiary alicyclic amines) is 1. The molecular weight excluding hydrogens is 194 g/mol. The van der Waals surface area contributed by atoms with Crippen LogP contribution < -0.4 is 0 Å². The van der Waals surface area contributed by atoms with E-state index in [1.807, 2.05) is 7.05 Å². The van der Waals surface area contributed by atoms with Gasteiger partial charge in [-0.05, 0) is 13.5 Å². The number of Topliss-reactive ketones (excluding diaryl/α,β-unsaturated/α-hetero) is 1. The maximum atomic E-state index is 11.7. The number of piperidine rings is 1.